The molecule has 0 aliphatic rings. The van der Waals surface area contributed by atoms with Crippen molar-refractivity contribution in [2.75, 3.05) is 26.9 Å². The summed E-state index contributed by atoms with van der Waals surface area (Å²) in [6.45, 7) is 9.64. The van der Waals surface area contributed by atoms with Gasteiger partial charge in [0, 0.05) is 12.2 Å². The topological polar surface area (TPSA) is 43.6 Å². The van der Waals surface area contributed by atoms with Crippen LogP contribution in [0.25, 0.3) is 0 Å². The molecule has 1 aromatic heterocycles. The van der Waals surface area contributed by atoms with E-state index in [1.807, 2.05) is 20.0 Å². The van der Waals surface area contributed by atoms with E-state index in [-0.39, 0.29) is 0 Å². The van der Waals surface area contributed by atoms with Gasteiger partial charge in [-0.3, -0.25) is 0 Å². The van der Waals surface area contributed by atoms with Crippen LogP contribution < -0.4 is 5.32 Å². The molecule has 0 atom stereocenters. The number of hydrogen-bond acceptors (Lipinski definition) is 4. The zero-order chi connectivity index (χ0) is 13.4. The summed E-state index contributed by atoms with van der Waals surface area (Å²) >= 11 is 0. The molecule has 1 heterocycles. The van der Waals surface area contributed by atoms with E-state index in [4.69, 9.17) is 13.9 Å². The maximum atomic E-state index is 5.59. The quantitative estimate of drug-likeness (QED) is 0.689. The van der Waals surface area contributed by atoms with Crippen LogP contribution in [0.5, 0.6) is 0 Å². The van der Waals surface area contributed by atoms with Crippen LogP contribution in [0.2, 0.25) is 0 Å². The standard InChI is InChI=1S/C14H25NO3/c1-11(2)9-16-5-6-17-10-13-7-14(8-15-4)18-12(13)3/h7,11,15H,5-6,8-10H2,1-4H3. The molecule has 0 aliphatic carbocycles. The van der Waals surface area contributed by atoms with Crippen LogP contribution in [0.1, 0.15) is 30.9 Å². The molecule has 0 unspecified atom stereocenters. The molecular weight excluding hydrogens is 230 g/mol. The molecule has 0 bridgehead atoms. The lowest BCUT2D eigenvalue weighted by Gasteiger charge is -2.07. The van der Waals surface area contributed by atoms with Gasteiger partial charge in [0.15, 0.2) is 0 Å². The number of rotatable bonds is 9. The van der Waals surface area contributed by atoms with Gasteiger partial charge in [0.05, 0.1) is 26.4 Å². The predicted octanol–water partition coefficient (Wildman–Crippen LogP) is 2.50. The van der Waals surface area contributed by atoms with Crippen LogP contribution in [0.3, 0.4) is 0 Å². The lowest BCUT2D eigenvalue weighted by molar-refractivity contribution is 0.0311. The second-order valence-electron chi connectivity index (χ2n) is 4.85. The Morgan fingerprint density at radius 2 is 2.00 bits per heavy atom. The number of hydrogen-bond donors (Lipinski definition) is 1. The first-order chi connectivity index (χ1) is 8.63. The largest absolute Gasteiger partial charge is 0.465 e. The van der Waals surface area contributed by atoms with Crippen LogP contribution in [-0.4, -0.2) is 26.9 Å². The van der Waals surface area contributed by atoms with Crippen molar-refractivity contribution in [2.24, 2.45) is 5.92 Å². The monoisotopic (exact) mass is 255 g/mol. The summed E-state index contributed by atoms with van der Waals surface area (Å²) in [6.07, 6.45) is 0. The minimum atomic E-state index is 0.574. The highest BCUT2D eigenvalue weighted by Gasteiger charge is 2.06. The van der Waals surface area contributed by atoms with Gasteiger partial charge in [-0.05, 0) is 26.0 Å². The Labute approximate surface area is 110 Å². The van der Waals surface area contributed by atoms with E-state index >= 15 is 0 Å². The van der Waals surface area contributed by atoms with Crippen molar-refractivity contribution in [3.05, 3.63) is 23.2 Å². The Morgan fingerprint density at radius 3 is 2.67 bits per heavy atom. The minimum absolute atomic E-state index is 0.574. The molecule has 0 radical (unpaired) electrons. The first-order valence-corrected chi connectivity index (χ1v) is 6.51. The highest BCUT2D eigenvalue weighted by atomic mass is 16.5. The highest BCUT2D eigenvalue weighted by Crippen LogP contribution is 2.15. The molecule has 18 heavy (non-hydrogen) atoms. The van der Waals surface area contributed by atoms with Crippen molar-refractivity contribution in [3.63, 3.8) is 0 Å². The number of aryl methyl sites for hydroxylation is 1. The van der Waals surface area contributed by atoms with E-state index in [0.29, 0.717) is 25.7 Å². The fourth-order valence-electron chi connectivity index (χ4n) is 1.61. The molecular formula is C14H25NO3. The van der Waals surface area contributed by atoms with Crippen molar-refractivity contribution in [3.8, 4) is 0 Å². The van der Waals surface area contributed by atoms with Crippen LogP contribution in [0.15, 0.2) is 10.5 Å². The fraction of sp³-hybridized carbons (Fsp3) is 0.714. The zero-order valence-corrected chi connectivity index (χ0v) is 11.9. The Balaban J connectivity index is 2.18. The Morgan fingerprint density at radius 1 is 1.28 bits per heavy atom. The molecule has 0 aliphatic heterocycles. The Hall–Kier alpha value is -0.840. The smallest absolute Gasteiger partial charge is 0.118 e. The van der Waals surface area contributed by atoms with E-state index in [9.17, 15) is 0 Å². The van der Waals surface area contributed by atoms with Gasteiger partial charge >= 0.3 is 0 Å². The summed E-state index contributed by atoms with van der Waals surface area (Å²) in [5.41, 5.74) is 1.11. The van der Waals surface area contributed by atoms with E-state index in [1.165, 1.54) is 0 Å². The average molecular weight is 255 g/mol. The van der Waals surface area contributed by atoms with Gasteiger partial charge < -0.3 is 19.2 Å². The molecule has 0 fully saturated rings. The normalized spacial score (nSPS) is 11.4. The maximum Gasteiger partial charge on any atom is 0.118 e. The van der Waals surface area contributed by atoms with Crippen molar-refractivity contribution in [1.29, 1.82) is 0 Å². The highest BCUT2D eigenvalue weighted by molar-refractivity contribution is 5.19. The molecule has 0 amide bonds. The van der Waals surface area contributed by atoms with Crippen LogP contribution in [-0.2, 0) is 22.6 Å². The van der Waals surface area contributed by atoms with E-state index in [2.05, 4.69) is 19.2 Å². The lowest BCUT2D eigenvalue weighted by atomic mass is 10.2. The van der Waals surface area contributed by atoms with Gasteiger partial charge in [0.2, 0.25) is 0 Å². The van der Waals surface area contributed by atoms with Crippen molar-refractivity contribution in [2.45, 2.75) is 33.9 Å². The SMILES string of the molecule is CNCc1cc(COCCOCC(C)C)c(C)o1. The van der Waals surface area contributed by atoms with Crippen molar-refractivity contribution >= 4 is 0 Å². The Bertz CT molecular complexity index is 334. The summed E-state index contributed by atoms with van der Waals surface area (Å²) in [4.78, 5) is 0. The van der Waals surface area contributed by atoms with E-state index in [1.54, 1.807) is 0 Å². The van der Waals surface area contributed by atoms with Crippen LogP contribution in [0, 0.1) is 12.8 Å². The zero-order valence-electron chi connectivity index (χ0n) is 11.9. The summed E-state index contributed by atoms with van der Waals surface area (Å²) in [7, 11) is 1.90. The van der Waals surface area contributed by atoms with Gasteiger partial charge in [0.25, 0.3) is 0 Å². The Kier molecular flexibility index (Phi) is 7.01. The lowest BCUT2D eigenvalue weighted by Crippen LogP contribution is -2.08. The third kappa shape index (κ3) is 5.67. The summed E-state index contributed by atoms with van der Waals surface area (Å²) in [6, 6.07) is 2.04. The summed E-state index contributed by atoms with van der Waals surface area (Å²) in [5, 5.41) is 3.06. The van der Waals surface area contributed by atoms with E-state index in [0.717, 1.165) is 30.2 Å². The average Bonchev–Trinajstić information content (AvgIpc) is 2.64. The third-order valence-corrected chi connectivity index (χ3v) is 2.50. The molecule has 0 spiro atoms. The number of nitrogens with one attached hydrogen (secondary N) is 1. The molecule has 1 aromatic rings. The van der Waals surface area contributed by atoms with Gasteiger partial charge in [-0.1, -0.05) is 13.8 Å². The first kappa shape index (κ1) is 15.2. The minimum Gasteiger partial charge on any atom is -0.465 e. The third-order valence-electron chi connectivity index (χ3n) is 2.50. The van der Waals surface area contributed by atoms with Gasteiger partial charge in [-0.15, -0.1) is 0 Å². The summed E-state index contributed by atoms with van der Waals surface area (Å²) < 4.78 is 16.6. The molecule has 104 valence electrons. The summed E-state index contributed by atoms with van der Waals surface area (Å²) in [5.74, 6) is 2.46. The maximum absolute atomic E-state index is 5.59. The van der Waals surface area contributed by atoms with Crippen molar-refractivity contribution in [1.82, 2.24) is 5.32 Å². The molecule has 4 nitrogen and oxygen atoms in total. The second kappa shape index (κ2) is 8.29. The first-order valence-electron chi connectivity index (χ1n) is 6.51. The van der Waals surface area contributed by atoms with Gasteiger partial charge in [0.1, 0.15) is 11.5 Å². The van der Waals surface area contributed by atoms with Crippen LogP contribution in [0.4, 0.5) is 0 Å². The number of furan rings is 1. The van der Waals surface area contributed by atoms with Crippen LogP contribution >= 0.6 is 0 Å². The van der Waals surface area contributed by atoms with Gasteiger partial charge in [-0.25, -0.2) is 0 Å². The predicted molar refractivity (Wildman–Crippen MR) is 71.5 cm³/mol. The molecule has 0 saturated carbocycles. The van der Waals surface area contributed by atoms with Gasteiger partial charge in [-0.2, -0.15) is 0 Å². The second-order valence-corrected chi connectivity index (χ2v) is 4.85. The molecule has 1 rings (SSSR count). The molecule has 0 aromatic carbocycles. The molecule has 4 heteroatoms. The molecule has 1 N–H and O–H groups in total. The number of ether oxygens (including phenoxy) is 2. The van der Waals surface area contributed by atoms with Crippen molar-refractivity contribution < 1.29 is 13.9 Å². The fourth-order valence-corrected chi connectivity index (χ4v) is 1.61. The molecule has 0 saturated heterocycles. The van der Waals surface area contributed by atoms with E-state index < -0.39 is 0 Å².